The van der Waals surface area contributed by atoms with Crippen LogP contribution in [0.1, 0.15) is 41.5 Å². The molecule has 0 bridgehead atoms. The van der Waals surface area contributed by atoms with Gasteiger partial charge in [-0.1, -0.05) is 26.0 Å². The van der Waals surface area contributed by atoms with Crippen LogP contribution >= 0.6 is 11.3 Å². The molecule has 0 aliphatic heterocycles. The van der Waals surface area contributed by atoms with Crippen molar-refractivity contribution >= 4 is 16.5 Å². The molecule has 0 atom stereocenters. The lowest BCUT2D eigenvalue weighted by Gasteiger charge is -2.08. The third-order valence-electron chi connectivity index (χ3n) is 3.11. The lowest BCUT2D eigenvalue weighted by molar-refractivity contribution is 0.411. The first kappa shape index (κ1) is 13.9. The quantitative estimate of drug-likeness (QED) is 0.925. The van der Waals surface area contributed by atoms with Gasteiger partial charge in [0.25, 0.3) is 0 Å². The van der Waals surface area contributed by atoms with E-state index in [1.54, 1.807) is 18.4 Å². The Hall–Kier alpha value is -1.55. The SMILES string of the molecule is COc1ccc(Cc2sc(N)nc2C(C)C)cc1C. The highest BCUT2D eigenvalue weighted by Crippen LogP contribution is 2.29. The number of aryl methyl sites for hydroxylation is 1. The highest BCUT2D eigenvalue weighted by molar-refractivity contribution is 7.15. The van der Waals surface area contributed by atoms with E-state index in [0.29, 0.717) is 11.0 Å². The van der Waals surface area contributed by atoms with Gasteiger partial charge in [0.05, 0.1) is 12.8 Å². The number of thiazole rings is 1. The lowest BCUT2D eigenvalue weighted by atomic mass is 10.0. The molecule has 0 saturated heterocycles. The van der Waals surface area contributed by atoms with Gasteiger partial charge in [-0.05, 0) is 30.0 Å². The minimum atomic E-state index is 0.405. The van der Waals surface area contributed by atoms with Gasteiger partial charge in [-0.25, -0.2) is 4.98 Å². The molecular weight excluding hydrogens is 256 g/mol. The summed E-state index contributed by atoms with van der Waals surface area (Å²) in [6.45, 7) is 6.36. The van der Waals surface area contributed by atoms with E-state index in [4.69, 9.17) is 10.5 Å². The molecule has 19 heavy (non-hydrogen) atoms. The molecule has 0 spiro atoms. The van der Waals surface area contributed by atoms with E-state index in [1.807, 2.05) is 6.07 Å². The van der Waals surface area contributed by atoms with Crippen molar-refractivity contribution in [2.45, 2.75) is 33.1 Å². The number of hydrogen-bond acceptors (Lipinski definition) is 4. The molecule has 2 rings (SSSR count). The largest absolute Gasteiger partial charge is 0.496 e. The van der Waals surface area contributed by atoms with Gasteiger partial charge >= 0.3 is 0 Å². The molecule has 0 saturated carbocycles. The molecule has 0 radical (unpaired) electrons. The van der Waals surface area contributed by atoms with Gasteiger partial charge in [-0.2, -0.15) is 0 Å². The molecule has 0 amide bonds. The molecule has 1 heterocycles. The lowest BCUT2D eigenvalue weighted by Crippen LogP contribution is -1.96. The average Bonchev–Trinajstić information content (AvgIpc) is 2.70. The summed E-state index contributed by atoms with van der Waals surface area (Å²) < 4.78 is 5.29. The fraction of sp³-hybridized carbons (Fsp3) is 0.400. The van der Waals surface area contributed by atoms with Crippen molar-refractivity contribution in [1.29, 1.82) is 0 Å². The van der Waals surface area contributed by atoms with Crippen LogP contribution in [0.25, 0.3) is 0 Å². The number of nitrogens with two attached hydrogens (primary N) is 1. The van der Waals surface area contributed by atoms with Crippen LogP contribution in [0, 0.1) is 6.92 Å². The van der Waals surface area contributed by atoms with E-state index in [0.717, 1.165) is 23.4 Å². The number of nitrogen functional groups attached to an aromatic ring is 1. The standard InChI is InChI=1S/C15H20N2OS/c1-9(2)14-13(19-15(16)17-14)8-11-5-6-12(18-4)10(3)7-11/h5-7,9H,8H2,1-4H3,(H2,16,17). The highest BCUT2D eigenvalue weighted by atomic mass is 32.1. The third-order valence-corrected chi connectivity index (χ3v) is 4.02. The van der Waals surface area contributed by atoms with Crippen LogP contribution in [0.4, 0.5) is 5.13 Å². The normalized spacial score (nSPS) is 11.0. The molecule has 4 heteroatoms. The van der Waals surface area contributed by atoms with E-state index in [1.165, 1.54) is 10.4 Å². The molecule has 2 N–H and O–H groups in total. The Kier molecular flexibility index (Phi) is 4.10. The van der Waals surface area contributed by atoms with Crippen LogP contribution in [-0.2, 0) is 6.42 Å². The maximum Gasteiger partial charge on any atom is 0.180 e. The maximum atomic E-state index is 5.83. The van der Waals surface area contributed by atoms with Crippen LogP contribution in [0.5, 0.6) is 5.75 Å². The molecule has 1 aromatic carbocycles. The minimum Gasteiger partial charge on any atom is -0.496 e. The van der Waals surface area contributed by atoms with Crippen LogP contribution in [0.2, 0.25) is 0 Å². The second kappa shape index (κ2) is 5.61. The minimum absolute atomic E-state index is 0.405. The summed E-state index contributed by atoms with van der Waals surface area (Å²) in [6, 6.07) is 6.29. The van der Waals surface area contributed by atoms with E-state index in [-0.39, 0.29) is 0 Å². The van der Waals surface area contributed by atoms with Gasteiger partial charge in [-0.3, -0.25) is 0 Å². The zero-order chi connectivity index (χ0) is 14.0. The molecule has 1 aromatic heterocycles. The second-order valence-corrected chi connectivity index (χ2v) is 6.11. The molecule has 0 fully saturated rings. The monoisotopic (exact) mass is 276 g/mol. The number of nitrogens with zero attached hydrogens (tertiary/aromatic N) is 1. The maximum absolute atomic E-state index is 5.83. The van der Waals surface area contributed by atoms with Crippen molar-refractivity contribution < 1.29 is 4.74 Å². The van der Waals surface area contributed by atoms with E-state index in [9.17, 15) is 0 Å². The Labute approximate surface area is 118 Å². The van der Waals surface area contributed by atoms with Crippen LogP contribution in [0.15, 0.2) is 18.2 Å². The summed E-state index contributed by atoms with van der Waals surface area (Å²) >= 11 is 1.59. The van der Waals surface area contributed by atoms with Crippen molar-refractivity contribution in [3.63, 3.8) is 0 Å². The number of rotatable bonds is 4. The van der Waals surface area contributed by atoms with E-state index < -0.39 is 0 Å². The van der Waals surface area contributed by atoms with Gasteiger partial charge in [0.1, 0.15) is 5.75 Å². The number of methoxy groups -OCH3 is 1. The van der Waals surface area contributed by atoms with Crippen LogP contribution in [-0.4, -0.2) is 12.1 Å². The second-order valence-electron chi connectivity index (χ2n) is 5.00. The number of aromatic nitrogens is 1. The summed E-state index contributed by atoms with van der Waals surface area (Å²) in [5.41, 5.74) is 9.38. The average molecular weight is 276 g/mol. The smallest absolute Gasteiger partial charge is 0.180 e. The molecule has 0 aliphatic rings. The zero-order valence-corrected chi connectivity index (χ0v) is 12.7. The van der Waals surface area contributed by atoms with Crippen molar-refractivity contribution in [3.05, 3.63) is 39.9 Å². The van der Waals surface area contributed by atoms with Crippen LogP contribution in [0.3, 0.4) is 0 Å². The predicted octanol–water partition coefficient (Wildman–Crippen LogP) is 3.76. The predicted molar refractivity (Wildman–Crippen MR) is 81.2 cm³/mol. The first-order valence-electron chi connectivity index (χ1n) is 6.40. The van der Waals surface area contributed by atoms with E-state index >= 15 is 0 Å². The van der Waals surface area contributed by atoms with Gasteiger partial charge in [0.15, 0.2) is 5.13 Å². The summed E-state index contributed by atoms with van der Waals surface area (Å²) in [4.78, 5) is 5.70. The summed E-state index contributed by atoms with van der Waals surface area (Å²) in [7, 11) is 1.70. The van der Waals surface area contributed by atoms with Gasteiger partial charge in [0.2, 0.25) is 0 Å². The summed E-state index contributed by atoms with van der Waals surface area (Å²) in [6.07, 6.45) is 0.882. The molecule has 2 aromatic rings. The molecule has 3 nitrogen and oxygen atoms in total. The fourth-order valence-corrected chi connectivity index (χ4v) is 3.22. The van der Waals surface area contributed by atoms with Gasteiger partial charge in [-0.15, -0.1) is 11.3 Å². The highest BCUT2D eigenvalue weighted by Gasteiger charge is 2.13. The summed E-state index contributed by atoms with van der Waals surface area (Å²) in [5, 5.41) is 0.656. The third kappa shape index (κ3) is 3.07. The number of hydrogen-bond donors (Lipinski definition) is 1. The molecular formula is C15H20N2OS. The van der Waals surface area contributed by atoms with Crippen molar-refractivity contribution in [1.82, 2.24) is 4.98 Å². The van der Waals surface area contributed by atoms with Crippen LogP contribution < -0.4 is 10.5 Å². The molecule has 0 aliphatic carbocycles. The number of anilines is 1. The van der Waals surface area contributed by atoms with Gasteiger partial charge in [0, 0.05) is 11.3 Å². The molecule has 102 valence electrons. The first-order chi connectivity index (χ1) is 9.01. The Bertz CT molecular complexity index is 576. The first-order valence-corrected chi connectivity index (χ1v) is 7.21. The Morgan fingerprint density at radius 2 is 2.11 bits per heavy atom. The Morgan fingerprint density at radius 3 is 2.68 bits per heavy atom. The van der Waals surface area contributed by atoms with E-state index in [2.05, 4.69) is 37.9 Å². The fourth-order valence-electron chi connectivity index (χ4n) is 2.20. The summed E-state index contributed by atoms with van der Waals surface area (Å²) in [5.74, 6) is 1.33. The van der Waals surface area contributed by atoms with Gasteiger partial charge < -0.3 is 10.5 Å². The number of benzene rings is 1. The Balaban J connectivity index is 2.28. The Morgan fingerprint density at radius 1 is 1.37 bits per heavy atom. The van der Waals surface area contributed by atoms with Crippen molar-refractivity contribution in [2.24, 2.45) is 0 Å². The zero-order valence-electron chi connectivity index (χ0n) is 11.9. The van der Waals surface area contributed by atoms with Crippen molar-refractivity contribution in [2.75, 3.05) is 12.8 Å². The molecule has 0 unspecified atom stereocenters. The number of ether oxygens (including phenoxy) is 1. The topological polar surface area (TPSA) is 48.1 Å². The van der Waals surface area contributed by atoms with Crippen molar-refractivity contribution in [3.8, 4) is 5.75 Å².